The Kier molecular flexibility index (Phi) is 31.7. The van der Waals surface area contributed by atoms with Crippen LogP contribution in [0.1, 0.15) is 201 Å². The highest BCUT2D eigenvalue weighted by Gasteiger charge is 2.81. The maximum atomic E-state index is 15.7. The molecule has 4 bridgehead atoms. The molecule has 4 saturated carbocycles. The maximum absolute atomic E-state index is 15.7. The van der Waals surface area contributed by atoms with Gasteiger partial charge in [-0.15, -0.1) is 0 Å². The number of ketones is 2. The molecule has 2 heterocycles. The number of carbonyl (C=O) groups excluding carboxylic acids is 16. The van der Waals surface area contributed by atoms with Gasteiger partial charge in [-0.2, -0.15) is 0 Å². The maximum Gasteiger partial charge on any atom is 0.350 e. The number of Topliss-reactive ketones (excluding diaryl/α,β-unsaturated/α-hetero) is 2. The third-order valence-electron chi connectivity index (χ3n) is 29.3. The number of fused-ring (bicyclic) bond motifs is 10. The number of benzene rings is 6. The van der Waals surface area contributed by atoms with E-state index in [1.54, 1.807) is 109 Å². The summed E-state index contributed by atoms with van der Waals surface area (Å²) >= 11 is 0. The molecule has 26 atom stereocenters. The molecule has 0 radical (unpaired) electrons. The average molecular weight is 2000 g/mol. The second-order valence-corrected chi connectivity index (χ2v) is 39.0. The number of hydrogen-bond donors (Lipinski definition) is 8. The second kappa shape index (κ2) is 42.4. The molecule has 38 heteroatoms. The molecule has 38 nitrogen and oxygen atoms in total. The molecule has 6 aliphatic carbocycles. The number of hydrogen-bond acceptors (Lipinski definition) is 36. The lowest BCUT2D eigenvalue weighted by Gasteiger charge is -2.67. The zero-order valence-electron chi connectivity index (χ0n) is 82.0. The van der Waals surface area contributed by atoms with Crippen molar-refractivity contribution in [1.29, 1.82) is 0 Å². The van der Waals surface area contributed by atoms with E-state index in [2.05, 4.69) is 10.6 Å². The SMILES string of the molecule is CC(=O)O[C@H]1C(=O)[C@@]2(C)C([C@H](OC(=O)c3ccccc3)[C@]3(O)CC(OC(=O)[C@H](OC(=O)[C@@H](C)OC(=O)[C@@H](C)O)C(NC(=O)c4ccccc4)c4ccccc4)C(C)=C1C3(C)C)[C@]1(OC(C)=O)CO[C@@H]1C[C@@H]2O.CC(=O)O[C@H]1C(=O)[C@@]2(C)C([C@H](OC(=O)c3ccccc3)[C@]3(O)CC(OC(=O)[C@H](OC(=O)[C@H](C)OC(=O)[C@H](C)O)C(NC(=O)c4ccccc4)c4ccccc4)C(C)=C1C3(C)C)[C@]1(OC(C)=O)CO[C@@H]1C[C@@H]2O. The number of esters is 12. The summed E-state index contributed by atoms with van der Waals surface area (Å²) in [5.41, 5.74) is -15.9. The Labute approximate surface area is 828 Å². The Balaban J connectivity index is 0.000000241. The lowest BCUT2D eigenvalue weighted by Crippen LogP contribution is -2.82. The molecule has 6 unspecified atom stereocenters. The number of aliphatic hydroxyl groups excluding tert-OH is 4. The first kappa shape index (κ1) is 108. The highest BCUT2D eigenvalue weighted by molar-refractivity contribution is 5.99. The van der Waals surface area contributed by atoms with Gasteiger partial charge in [0.05, 0.1) is 59.2 Å². The number of carbonyl (C=O) groups is 16. The van der Waals surface area contributed by atoms with Crippen molar-refractivity contribution in [2.75, 3.05) is 13.2 Å². The van der Waals surface area contributed by atoms with Crippen LogP contribution in [0.5, 0.6) is 0 Å². The zero-order chi connectivity index (χ0) is 105. The van der Waals surface area contributed by atoms with Crippen LogP contribution in [0.15, 0.2) is 204 Å². The summed E-state index contributed by atoms with van der Waals surface area (Å²) in [4.78, 5) is 224. The van der Waals surface area contributed by atoms with Crippen LogP contribution in [0.2, 0.25) is 0 Å². The third kappa shape index (κ3) is 20.3. The van der Waals surface area contributed by atoms with Gasteiger partial charge in [-0.25, -0.2) is 38.4 Å². The first-order valence-electron chi connectivity index (χ1n) is 47.0. The number of nitrogens with one attached hydrogen (secondary N) is 2. The highest BCUT2D eigenvalue weighted by atomic mass is 16.7. The van der Waals surface area contributed by atoms with Crippen LogP contribution in [0.3, 0.4) is 0 Å². The zero-order valence-corrected chi connectivity index (χ0v) is 82.0. The van der Waals surface area contributed by atoms with E-state index < -0.39 is 274 Å². The molecule has 8 aliphatic rings. The van der Waals surface area contributed by atoms with E-state index in [-0.39, 0.29) is 81.7 Å². The van der Waals surface area contributed by atoms with Crippen molar-refractivity contribution in [2.45, 2.75) is 269 Å². The molecule has 2 amide bonds. The van der Waals surface area contributed by atoms with E-state index in [1.165, 1.54) is 128 Å². The molecule has 6 aromatic rings. The number of rotatable bonds is 28. The van der Waals surface area contributed by atoms with Crippen LogP contribution in [0.25, 0.3) is 0 Å². The molecule has 2 aliphatic heterocycles. The molecule has 0 aromatic heterocycles. The smallest absolute Gasteiger partial charge is 0.350 e. The van der Waals surface area contributed by atoms with E-state index >= 15 is 19.2 Å². The summed E-state index contributed by atoms with van der Waals surface area (Å²) in [6.07, 6.45) is -29.4. The van der Waals surface area contributed by atoms with Gasteiger partial charge in [0.2, 0.25) is 12.2 Å². The lowest BCUT2D eigenvalue weighted by molar-refractivity contribution is -0.346. The number of amides is 2. The predicted octanol–water partition coefficient (Wildman–Crippen LogP) is 7.20. The van der Waals surface area contributed by atoms with Gasteiger partial charge in [-0.3, -0.25) is 38.4 Å². The van der Waals surface area contributed by atoms with Crippen LogP contribution >= 0.6 is 0 Å². The monoisotopic (exact) mass is 1990 g/mol. The molecule has 768 valence electrons. The molecule has 14 rings (SSSR count). The fourth-order valence-electron chi connectivity index (χ4n) is 21.7. The molecule has 144 heavy (non-hydrogen) atoms. The third-order valence-corrected chi connectivity index (χ3v) is 29.3. The second-order valence-electron chi connectivity index (χ2n) is 39.0. The van der Waals surface area contributed by atoms with E-state index in [1.807, 2.05) is 0 Å². The minimum atomic E-state index is -2.52. The Morgan fingerprint density at radius 2 is 0.674 bits per heavy atom. The van der Waals surface area contributed by atoms with Crippen molar-refractivity contribution >= 4 is 95.0 Å². The van der Waals surface area contributed by atoms with E-state index in [0.29, 0.717) is 0 Å². The summed E-state index contributed by atoms with van der Waals surface area (Å²) in [5, 5.41) is 77.4. The standard InChI is InChI=1S/2C53H59NO18/c2*1-27-35(69-49(64)41(70-47(62)29(3)67-46(61)28(2)55)39(32-18-12-9-13-19-32)54-45(60)33-20-14-10-15-21-33)25-53(65)44(71-48(63)34-22-16-11-17-23-34)42-51(8,36(58)24-37-52(42,26-66-37)72-31(5)57)43(59)40(68-30(4)56)38(27)50(53,6)7/h2*9-23,28-29,35-37,39-42,44,55,58,65H,24-26H2,1-8H3,(H,54,60)/t28-,29-,35?,36+,37-,39?,40-,41-,42?,44+,51-,52+,53-;28-,29-,35?,36-,37+,39?,40+,41+,42?,44-,51+,52-,53+/m10/s1. The summed E-state index contributed by atoms with van der Waals surface area (Å²) in [5.74, 6) is -19.8. The van der Waals surface area contributed by atoms with Gasteiger partial charge in [-0.05, 0) is 137 Å². The number of ether oxygens (including phenoxy) is 14. The van der Waals surface area contributed by atoms with Crippen LogP contribution in [0, 0.1) is 33.5 Å². The lowest BCUT2D eigenvalue weighted by atomic mass is 9.44. The van der Waals surface area contributed by atoms with Crippen molar-refractivity contribution in [3.8, 4) is 0 Å². The van der Waals surface area contributed by atoms with Crippen LogP contribution in [0.4, 0.5) is 0 Å². The molecule has 0 spiro atoms. The van der Waals surface area contributed by atoms with Crippen molar-refractivity contribution in [1.82, 2.24) is 10.6 Å². The fraction of sp³-hybridized carbons (Fsp3) is 0.472. The van der Waals surface area contributed by atoms with Crippen LogP contribution < -0.4 is 10.6 Å². The molecular formula is C106H118N2O36. The molecule has 6 aromatic carbocycles. The van der Waals surface area contributed by atoms with Crippen molar-refractivity contribution in [3.63, 3.8) is 0 Å². The molecule has 6 fully saturated rings. The fourth-order valence-corrected chi connectivity index (χ4v) is 21.7. The topological polar surface area (TPSA) is 548 Å². The van der Waals surface area contributed by atoms with Gasteiger partial charge in [0, 0.05) is 75.3 Å². The molecule has 2 saturated heterocycles. The quantitative estimate of drug-likeness (QED) is 0.0137. The van der Waals surface area contributed by atoms with Crippen molar-refractivity contribution < 1.29 is 174 Å². The van der Waals surface area contributed by atoms with Gasteiger partial charge in [0.25, 0.3) is 11.8 Å². The Bertz CT molecular complexity index is 5630. The summed E-state index contributed by atoms with van der Waals surface area (Å²) < 4.78 is 83.2. The van der Waals surface area contributed by atoms with Gasteiger partial charge >= 0.3 is 71.6 Å². The van der Waals surface area contributed by atoms with Gasteiger partial charge in [0.1, 0.15) is 72.1 Å². The van der Waals surface area contributed by atoms with Crippen molar-refractivity contribution in [3.05, 3.63) is 238 Å². The van der Waals surface area contributed by atoms with Gasteiger partial charge < -0.3 is 108 Å². The van der Waals surface area contributed by atoms with Crippen molar-refractivity contribution in [2.24, 2.45) is 33.5 Å². The normalized spacial score (nSPS) is 29.8. The number of aliphatic hydroxyl groups is 6. The summed E-state index contributed by atoms with van der Waals surface area (Å²) in [7, 11) is 0. The molecule has 8 N–H and O–H groups in total. The summed E-state index contributed by atoms with van der Waals surface area (Å²) in [6.45, 7) is 19.8. The molecular weight excluding hydrogens is 1880 g/mol. The summed E-state index contributed by atoms with van der Waals surface area (Å²) in [6, 6.07) is 43.8. The van der Waals surface area contributed by atoms with E-state index in [9.17, 15) is 88.2 Å². The Hall–Kier alpha value is -13.6. The van der Waals surface area contributed by atoms with Crippen LogP contribution in [-0.4, -0.2) is 259 Å². The first-order valence-corrected chi connectivity index (χ1v) is 47.0. The minimum absolute atomic E-state index is 0.0133. The highest BCUT2D eigenvalue weighted by Crippen LogP contribution is 2.67. The predicted molar refractivity (Wildman–Crippen MR) is 498 cm³/mol. The van der Waals surface area contributed by atoms with Gasteiger partial charge in [0.15, 0.2) is 47.2 Å². The largest absolute Gasteiger partial charge is 0.455 e. The van der Waals surface area contributed by atoms with Crippen LogP contribution in [-0.2, 0) is 124 Å². The minimum Gasteiger partial charge on any atom is -0.455 e. The first-order chi connectivity index (χ1) is 67.8. The van der Waals surface area contributed by atoms with E-state index in [4.69, 9.17) is 66.3 Å². The Morgan fingerprint density at radius 3 is 0.944 bits per heavy atom. The Morgan fingerprint density at radius 1 is 0.382 bits per heavy atom. The van der Waals surface area contributed by atoms with Gasteiger partial charge in [-0.1, -0.05) is 161 Å². The average Bonchev–Trinajstić information content (AvgIpc) is 0.669. The van der Waals surface area contributed by atoms with E-state index in [0.717, 1.165) is 55.4 Å².